The molecule has 130 valence electrons. The fourth-order valence-electron chi connectivity index (χ4n) is 2.02. The highest BCUT2D eigenvalue weighted by molar-refractivity contribution is 6.43. The molecule has 2 rings (SSSR count). The molecular formula is C18H18N2O5. The van der Waals surface area contributed by atoms with Crippen LogP contribution in [0.15, 0.2) is 48.5 Å². The van der Waals surface area contributed by atoms with Gasteiger partial charge in [0.15, 0.2) is 0 Å². The van der Waals surface area contributed by atoms with Crippen LogP contribution >= 0.6 is 0 Å². The minimum Gasteiger partial charge on any atom is -0.495 e. The first-order valence-electron chi connectivity index (χ1n) is 7.57. The molecule has 0 fully saturated rings. The average molecular weight is 342 g/mol. The molecule has 0 saturated carbocycles. The van der Waals surface area contributed by atoms with Gasteiger partial charge >= 0.3 is 17.8 Å². The Morgan fingerprint density at radius 1 is 0.920 bits per heavy atom. The zero-order chi connectivity index (χ0) is 18.2. The van der Waals surface area contributed by atoms with Gasteiger partial charge in [0.1, 0.15) is 5.75 Å². The molecule has 0 aliphatic carbocycles. The SMILES string of the molecule is CCOC(=O)c1ccc(NC(=O)C(=O)Nc2ccccc2OC)cc1. The van der Waals surface area contributed by atoms with Gasteiger partial charge in [0, 0.05) is 5.69 Å². The first kappa shape index (κ1) is 18.0. The van der Waals surface area contributed by atoms with Crippen LogP contribution in [0.2, 0.25) is 0 Å². The molecule has 0 spiro atoms. The highest BCUT2D eigenvalue weighted by Gasteiger charge is 2.16. The second kappa shape index (κ2) is 8.49. The van der Waals surface area contributed by atoms with E-state index in [0.717, 1.165) is 0 Å². The van der Waals surface area contributed by atoms with Gasteiger partial charge in [0.25, 0.3) is 0 Å². The van der Waals surface area contributed by atoms with Crippen molar-refractivity contribution in [2.45, 2.75) is 6.92 Å². The summed E-state index contributed by atoms with van der Waals surface area (Å²) in [5, 5.41) is 4.93. The van der Waals surface area contributed by atoms with Crippen LogP contribution in [0.3, 0.4) is 0 Å². The molecule has 0 bridgehead atoms. The summed E-state index contributed by atoms with van der Waals surface area (Å²) in [5.41, 5.74) is 1.13. The van der Waals surface area contributed by atoms with Crippen LogP contribution in [0, 0.1) is 0 Å². The Kier molecular flexibility index (Phi) is 6.11. The van der Waals surface area contributed by atoms with E-state index < -0.39 is 17.8 Å². The van der Waals surface area contributed by atoms with Gasteiger partial charge in [-0.2, -0.15) is 0 Å². The van der Waals surface area contributed by atoms with Crippen molar-refractivity contribution in [3.8, 4) is 5.75 Å². The Hall–Kier alpha value is -3.35. The van der Waals surface area contributed by atoms with Crippen LogP contribution in [0.4, 0.5) is 11.4 Å². The number of benzene rings is 2. The first-order valence-corrected chi connectivity index (χ1v) is 7.57. The quantitative estimate of drug-likeness (QED) is 0.643. The lowest BCUT2D eigenvalue weighted by Crippen LogP contribution is -2.29. The van der Waals surface area contributed by atoms with Crippen molar-refractivity contribution in [3.63, 3.8) is 0 Å². The van der Waals surface area contributed by atoms with Gasteiger partial charge in [0.2, 0.25) is 0 Å². The van der Waals surface area contributed by atoms with Gasteiger partial charge in [-0.1, -0.05) is 12.1 Å². The number of nitrogens with one attached hydrogen (secondary N) is 2. The Morgan fingerprint density at radius 2 is 1.56 bits per heavy atom. The normalized spacial score (nSPS) is 9.84. The lowest BCUT2D eigenvalue weighted by Gasteiger charge is -2.10. The molecule has 2 aromatic carbocycles. The molecule has 0 saturated heterocycles. The molecule has 2 N–H and O–H groups in total. The molecule has 2 amide bonds. The van der Waals surface area contributed by atoms with Crippen molar-refractivity contribution < 1.29 is 23.9 Å². The number of anilines is 2. The third kappa shape index (κ3) is 4.81. The van der Waals surface area contributed by atoms with E-state index in [0.29, 0.717) is 22.7 Å². The van der Waals surface area contributed by atoms with Gasteiger partial charge in [-0.05, 0) is 43.3 Å². The molecular weight excluding hydrogens is 324 g/mol. The van der Waals surface area contributed by atoms with Crippen molar-refractivity contribution in [1.82, 2.24) is 0 Å². The van der Waals surface area contributed by atoms with Crippen molar-refractivity contribution >= 4 is 29.2 Å². The maximum Gasteiger partial charge on any atom is 0.338 e. The molecule has 0 radical (unpaired) electrons. The summed E-state index contributed by atoms with van der Waals surface area (Å²) in [5.74, 6) is -1.68. The van der Waals surface area contributed by atoms with Crippen molar-refractivity contribution in [1.29, 1.82) is 0 Å². The van der Waals surface area contributed by atoms with Crippen LogP contribution in [0.25, 0.3) is 0 Å². The molecule has 7 heteroatoms. The predicted octanol–water partition coefficient (Wildman–Crippen LogP) is 2.45. The van der Waals surface area contributed by atoms with E-state index in [2.05, 4.69) is 10.6 Å². The number of rotatable bonds is 5. The third-order valence-corrected chi connectivity index (χ3v) is 3.22. The monoisotopic (exact) mass is 342 g/mol. The third-order valence-electron chi connectivity index (χ3n) is 3.22. The maximum absolute atomic E-state index is 12.0. The lowest BCUT2D eigenvalue weighted by molar-refractivity contribution is -0.133. The number of carbonyl (C=O) groups is 3. The van der Waals surface area contributed by atoms with E-state index in [1.165, 1.54) is 31.4 Å². The lowest BCUT2D eigenvalue weighted by atomic mass is 10.2. The summed E-state index contributed by atoms with van der Waals surface area (Å²) in [6.45, 7) is 1.99. The molecule has 0 aliphatic rings. The second-order valence-corrected chi connectivity index (χ2v) is 4.91. The Morgan fingerprint density at radius 3 is 2.20 bits per heavy atom. The standard InChI is InChI=1S/C18H18N2O5/c1-3-25-18(23)12-8-10-13(11-9-12)19-16(21)17(22)20-14-6-4-5-7-15(14)24-2/h4-11H,3H2,1-2H3,(H,19,21)(H,20,22). The zero-order valence-corrected chi connectivity index (χ0v) is 13.9. The summed E-state index contributed by atoms with van der Waals surface area (Å²) in [4.78, 5) is 35.5. The highest BCUT2D eigenvalue weighted by atomic mass is 16.5. The largest absolute Gasteiger partial charge is 0.495 e. The second-order valence-electron chi connectivity index (χ2n) is 4.91. The summed E-state index contributed by atoms with van der Waals surface area (Å²) in [6, 6.07) is 12.8. The van der Waals surface area contributed by atoms with Crippen molar-refractivity contribution in [2.24, 2.45) is 0 Å². The molecule has 0 atom stereocenters. The molecule has 7 nitrogen and oxygen atoms in total. The number of methoxy groups -OCH3 is 1. The van der Waals surface area contributed by atoms with Crippen molar-refractivity contribution in [3.05, 3.63) is 54.1 Å². The van der Waals surface area contributed by atoms with Gasteiger partial charge in [-0.25, -0.2) is 4.79 Å². The Labute approximate surface area is 144 Å². The summed E-state index contributed by atoms with van der Waals surface area (Å²) < 4.78 is 9.98. The molecule has 0 heterocycles. The molecule has 25 heavy (non-hydrogen) atoms. The van der Waals surface area contributed by atoms with E-state index in [4.69, 9.17) is 9.47 Å². The Balaban J connectivity index is 1.99. The average Bonchev–Trinajstić information content (AvgIpc) is 2.63. The summed E-state index contributed by atoms with van der Waals surface area (Å²) in [6.07, 6.45) is 0. The van der Waals surface area contributed by atoms with Crippen LogP contribution in [-0.2, 0) is 14.3 Å². The van der Waals surface area contributed by atoms with Gasteiger partial charge in [-0.3, -0.25) is 9.59 Å². The van der Waals surface area contributed by atoms with Crippen LogP contribution in [0.1, 0.15) is 17.3 Å². The van der Waals surface area contributed by atoms with E-state index >= 15 is 0 Å². The Bertz CT molecular complexity index is 771. The molecule has 0 aromatic heterocycles. The van der Waals surface area contributed by atoms with Crippen LogP contribution < -0.4 is 15.4 Å². The van der Waals surface area contributed by atoms with Crippen LogP contribution in [0.5, 0.6) is 5.75 Å². The van der Waals surface area contributed by atoms with E-state index in [1.54, 1.807) is 31.2 Å². The predicted molar refractivity (Wildman–Crippen MR) is 92.7 cm³/mol. The number of amides is 2. The highest BCUT2D eigenvalue weighted by Crippen LogP contribution is 2.22. The van der Waals surface area contributed by atoms with Gasteiger partial charge < -0.3 is 20.1 Å². The minimum absolute atomic E-state index is 0.278. The van der Waals surface area contributed by atoms with Gasteiger partial charge in [-0.15, -0.1) is 0 Å². The number of hydrogen-bond donors (Lipinski definition) is 2. The molecule has 0 unspecified atom stereocenters. The number of hydrogen-bond acceptors (Lipinski definition) is 5. The maximum atomic E-state index is 12.0. The molecule has 0 aliphatic heterocycles. The number of esters is 1. The first-order chi connectivity index (χ1) is 12.0. The number of carbonyl (C=O) groups excluding carboxylic acids is 3. The molecule has 2 aromatic rings. The van der Waals surface area contributed by atoms with E-state index in [1.807, 2.05) is 0 Å². The minimum atomic E-state index is -0.838. The summed E-state index contributed by atoms with van der Waals surface area (Å²) in [7, 11) is 1.47. The van der Waals surface area contributed by atoms with E-state index in [9.17, 15) is 14.4 Å². The smallest absolute Gasteiger partial charge is 0.338 e. The fraction of sp³-hybridized carbons (Fsp3) is 0.167. The van der Waals surface area contributed by atoms with Crippen molar-refractivity contribution in [2.75, 3.05) is 24.4 Å². The fourth-order valence-corrected chi connectivity index (χ4v) is 2.02. The topological polar surface area (TPSA) is 93.7 Å². The van der Waals surface area contributed by atoms with Gasteiger partial charge in [0.05, 0.1) is 25.0 Å². The zero-order valence-electron chi connectivity index (χ0n) is 13.9. The number of para-hydroxylation sites is 2. The van der Waals surface area contributed by atoms with Crippen LogP contribution in [-0.4, -0.2) is 31.5 Å². The number of ether oxygens (including phenoxy) is 2. The van der Waals surface area contributed by atoms with E-state index in [-0.39, 0.29) is 6.61 Å². The summed E-state index contributed by atoms with van der Waals surface area (Å²) >= 11 is 0.